The Morgan fingerprint density at radius 2 is 1.71 bits per heavy atom. The van der Waals surface area contributed by atoms with Gasteiger partial charge in [-0.1, -0.05) is 55.5 Å². The molecule has 154 valence electrons. The highest BCUT2D eigenvalue weighted by Crippen LogP contribution is 2.42. The van der Waals surface area contributed by atoms with Crippen molar-refractivity contribution >= 4 is 23.0 Å². The van der Waals surface area contributed by atoms with Gasteiger partial charge >= 0.3 is 0 Å². The monoisotopic (exact) mass is 425 g/mol. The highest BCUT2D eigenvalue weighted by Gasteiger charge is 2.42. The number of hydrogen-bond donors (Lipinski definition) is 1. The molecule has 2 atom stereocenters. The van der Waals surface area contributed by atoms with E-state index in [2.05, 4.69) is 58.5 Å². The van der Waals surface area contributed by atoms with E-state index < -0.39 is 0 Å². The molecule has 0 amide bonds. The van der Waals surface area contributed by atoms with Crippen molar-refractivity contribution in [3.8, 4) is 11.3 Å². The van der Waals surface area contributed by atoms with Crippen molar-refractivity contribution in [1.29, 1.82) is 0 Å². The van der Waals surface area contributed by atoms with Gasteiger partial charge in [0.25, 0.3) is 0 Å². The van der Waals surface area contributed by atoms with E-state index in [1.165, 1.54) is 5.56 Å². The standard InChI is InChI=1S/C26H23N3OS/c1-2-18-11-13-20(14-12-18)29-25(24(28-26(29)31)21-10-6-7-17-27-21)23-16-15-22(30-23)19-8-4-3-5-9-19/h3-17,24-25H,2H2,1H3,(H,28,31)/t24-,25-/m0/s1. The van der Waals surface area contributed by atoms with Crippen LogP contribution in [0.3, 0.4) is 0 Å². The molecule has 2 aromatic carbocycles. The second-order valence-electron chi connectivity index (χ2n) is 7.58. The second kappa shape index (κ2) is 8.36. The number of thiocarbonyl (C=S) groups is 1. The van der Waals surface area contributed by atoms with Gasteiger partial charge in [0.05, 0.1) is 11.7 Å². The molecule has 5 rings (SSSR count). The van der Waals surface area contributed by atoms with E-state index >= 15 is 0 Å². The third-order valence-corrected chi connectivity index (χ3v) is 6.01. The second-order valence-corrected chi connectivity index (χ2v) is 7.97. The Labute approximate surface area is 187 Å². The predicted molar refractivity (Wildman–Crippen MR) is 128 cm³/mol. The fraction of sp³-hybridized carbons (Fsp3) is 0.154. The number of aryl methyl sites for hydroxylation is 1. The van der Waals surface area contributed by atoms with Crippen molar-refractivity contribution in [3.05, 3.63) is 108 Å². The summed E-state index contributed by atoms with van der Waals surface area (Å²) in [6, 6.07) is 28.5. The molecule has 1 saturated heterocycles. The van der Waals surface area contributed by atoms with E-state index in [-0.39, 0.29) is 12.1 Å². The zero-order chi connectivity index (χ0) is 21.2. The fourth-order valence-electron chi connectivity index (χ4n) is 4.08. The molecule has 0 spiro atoms. The first kappa shape index (κ1) is 19.5. The maximum atomic E-state index is 6.38. The number of pyridine rings is 1. The number of rotatable bonds is 5. The SMILES string of the molecule is CCc1ccc(N2C(=S)N[C@@H](c3ccccn3)[C@@H]2c2ccc(-c3ccccc3)o2)cc1. The average molecular weight is 426 g/mol. The molecule has 0 unspecified atom stereocenters. The zero-order valence-electron chi connectivity index (χ0n) is 17.2. The molecule has 31 heavy (non-hydrogen) atoms. The number of furan rings is 1. The van der Waals surface area contributed by atoms with Gasteiger partial charge in [-0.2, -0.15) is 0 Å². The molecule has 1 aliphatic heterocycles. The Balaban J connectivity index is 1.58. The quantitative estimate of drug-likeness (QED) is 0.392. The molecule has 1 fully saturated rings. The van der Waals surface area contributed by atoms with Crippen LogP contribution in [-0.2, 0) is 6.42 Å². The smallest absolute Gasteiger partial charge is 0.174 e. The lowest BCUT2D eigenvalue weighted by molar-refractivity contribution is 0.439. The van der Waals surface area contributed by atoms with Crippen molar-refractivity contribution in [2.75, 3.05) is 4.90 Å². The highest BCUT2D eigenvalue weighted by molar-refractivity contribution is 7.80. The van der Waals surface area contributed by atoms with Crippen LogP contribution in [0.15, 0.2) is 95.5 Å². The molecule has 5 heteroatoms. The molecule has 4 aromatic rings. The third-order valence-electron chi connectivity index (χ3n) is 5.70. The van der Waals surface area contributed by atoms with Gasteiger partial charge in [-0.05, 0) is 60.6 Å². The summed E-state index contributed by atoms with van der Waals surface area (Å²) < 4.78 is 6.38. The largest absolute Gasteiger partial charge is 0.459 e. The molecule has 0 aliphatic carbocycles. The van der Waals surface area contributed by atoms with Gasteiger partial charge in [0.15, 0.2) is 5.11 Å². The van der Waals surface area contributed by atoms with Gasteiger partial charge in [0.1, 0.15) is 17.6 Å². The van der Waals surface area contributed by atoms with E-state index in [1.807, 2.05) is 54.7 Å². The molecule has 0 radical (unpaired) electrons. The van der Waals surface area contributed by atoms with Crippen LogP contribution in [0.1, 0.15) is 36.0 Å². The van der Waals surface area contributed by atoms with Crippen LogP contribution in [0.25, 0.3) is 11.3 Å². The molecule has 2 aromatic heterocycles. The minimum absolute atomic E-state index is 0.116. The summed E-state index contributed by atoms with van der Waals surface area (Å²) in [5, 5.41) is 4.15. The Morgan fingerprint density at radius 3 is 2.42 bits per heavy atom. The first-order valence-electron chi connectivity index (χ1n) is 10.5. The summed E-state index contributed by atoms with van der Waals surface area (Å²) in [4.78, 5) is 6.74. The van der Waals surface area contributed by atoms with E-state index in [1.54, 1.807) is 0 Å². The molecular formula is C26H23N3OS. The van der Waals surface area contributed by atoms with Crippen molar-refractivity contribution in [2.45, 2.75) is 25.4 Å². The van der Waals surface area contributed by atoms with Gasteiger partial charge in [-0.3, -0.25) is 4.98 Å². The van der Waals surface area contributed by atoms with E-state index in [0.29, 0.717) is 5.11 Å². The molecular weight excluding hydrogens is 402 g/mol. The number of aromatic nitrogens is 1. The van der Waals surface area contributed by atoms with Gasteiger partial charge in [0, 0.05) is 17.4 Å². The Kier molecular flexibility index (Phi) is 5.26. The van der Waals surface area contributed by atoms with Crippen LogP contribution in [0, 0.1) is 0 Å². The van der Waals surface area contributed by atoms with Crippen LogP contribution in [0.2, 0.25) is 0 Å². The predicted octanol–water partition coefficient (Wildman–Crippen LogP) is 6.08. The molecule has 1 N–H and O–H groups in total. The molecule has 3 heterocycles. The summed E-state index contributed by atoms with van der Waals surface area (Å²) in [6.45, 7) is 2.16. The summed E-state index contributed by atoms with van der Waals surface area (Å²) in [5.74, 6) is 1.69. The third kappa shape index (κ3) is 3.73. The van der Waals surface area contributed by atoms with Crippen LogP contribution in [0.5, 0.6) is 0 Å². The van der Waals surface area contributed by atoms with Crippen molar-refractivity contribution in [1.82, 2.24) is 10.3 Å². The lowest BCUT2D eigenvalue weighted by Gasteiger charge is -2.26. The van der Waals surface area contributed by atoms with Crippen LogP contribution in [0.4, 0.5) is 5.69 Å². The Bertz CT molecular complexity index is 1170. The number of nitrogens with zero attached hydrogens (tertiary/aromatic N) is 2. The highest BCUT2D eigenvalue weighted by atomic mass is 32.1. The lowest BCUT2D eigenvalue weighted by atomic mass is 10.0. The first-order chi connectivity index (χ1) is 15.2. The molecule has 1 aliphatic rings. The first-order valence-corrected chi connectivity index (χ1v) is 10.9. The van der Waals surface area contributed by atoms with Crippen molar-refractivity contribution < 1.29 is 4.42 Å². The van der Waals surface area contributed by atoms with Crippen LogP contribution < -0.4 is 10.2 Å². The summed E-state index contributed by atoms with van der Waals surface area (Å²) in [6.07, 6.45) is 2.81. The maximum absolute atomic E-state index is 6.38. The number of benzene rings is 2. The summed E-state index contributed by atoms with van der Waals surface area (Å²) in [7, 11) is 0. The molecule has 0 bridgehead atoms. The fourth-order valence-corrected chi connectivity index (χ4v) is 4.43. The van der Waals surface area contributed by atoms with Gasteiger partial charge < -0.3 is 14.6 Å². The average Bonchev–Trinajstić information content (AvgIpc) is 3.45. The summed E-state index contributed by atoms with van der Waals surface area (Å²) in [5.41, 5.74) is 4.32. The normalized spacial score (nSPS) is 18.2. The van der Waals surface area contributed by atoms with Gasteiger partial charge in [-0.25, -0.2) is 0 Å². The van der Waals surface area contributed by atoms with E-state index in [0.717, 1.165) is 34.9 Å². The zero-order valence-corrected chi connectivity index (χ0v) is 18.0. The van der Waals surface area contributed by atoms with Gasteiger partial charge in [-0.15, -0.1) is 0 Å². The Morgan fingerprint density at radius 1 is 0.935 bits per heavy atom. The molecule has 4 nitrogen and oxygen atoms in total. The number of anilines is 1. The minimum atomic E-state index is -0.146. The topological polar surface area (TPSA) is 41.3 Å². The van der Waals surface area contributed by atoms with Crippen LogP contribution in [-0.4, -0.2) is 10.1 Å². The lowest BCUT2D eigenvalue weighted by Crippen LogP contribution is -2.29. The Hall–Kier alpha value is -3.44. The van der Waals surface area contributed by atoms with Crippen molar-refractivity contribution in [3.63, 3.8) is 0 Å². The summed E-state index contributed by atoms with van der Waals surface area (Å²) >= 11 is 5.78. The van der Waals surface area contributed by atoms with Crippen LogP contribution >= 0.6 is 12.2 Å². The minimum Gasteiger partial charge on any atom is -0.459 e. The van der Waals surface area contributed by atoms with Crippen molar-refractivity contribution in [2.24, 2.45) is 0 Å². The molecule has 0 saturated carbocycles. The van der Waals surface area contributed by atoms with Gasteiger partial charge in [0.2, 0.25) is 0 Å². The maximum Gasteiger partial charge on any atom is 0.174 e. The number of hydrogen-bond acceptors (Lipinski definition) is 3. The number of nitrogens with one attached hydrogen (secondary N) is 1. The van der Waals surface area contributed by atoms with E-state index in [4.69, 9.17) is 16.6 Å². The van der Waals surface area contributed by atoms with E-state index in [9.17, 15) is 0 Å².